The summed E-state index contributed by atoms with van der Waals surface area (Å²) in [6.07, 6.45) is 1.06. The van der Waals surface area contributed by atoms with Crippen LogP contribution in [0.5, 0.6) is 0 Å². The van der Waals surface area contributed by atoms with Crippen LogP contribution in [0.15, 0.2) is 18.2 Å². The number of anilines is 1. The minimum absolute atomic E-state index is 0.480. The van der Waals surface area contributed by atoms with Crippen molar-refractivity contribution in [2.45, 2.75) is 20.3 Å². The van der Waals surface area contributed by atoms with E-state index in [0.29, 0.717) is 10.2 Å². The Hall–Kier alpha value is -1.44. The van der Waals surface area contributed by atoms with Crippen LogP contribution in [-0.4, -0.2) is 37.4 Å². The largest absolute Gasteiger partial charge is 0.361 e. The molecular weight excluding hydrogens is 314 g/mol. The average Bonchev–Trinajstić information content (AvgIpc) is 2.44. The van der Waals surface area contributed by atoms with Gasteiger partial charge in [-0.1, -0.05) is 17.7 Å². The predicted octanol–water partition coefficient (Wildman–Crippen LogP) is 0.504. The normalized spacial score (nSPS) is 10.2. The maximum absolute atomic E-state index is 5.24. The van der Waals surface area contributed by atoms with Crippen molar-refractivity contribution in [3.8, 4) is 0 Å². The number of hydrazine groups is 1. The molecule has 7 heteroatoms. The number of benzene rings is 1. The molecule has 0 amide bonds. The van der Waals surface area contributed by atoms with Gasteiger partial charge in [-0.2, -0.15) is 0 Å². The summed E-state index contributed by atoms with van der Waals surface area (Å²) in [7, 11) is 4.27. The highest BCUT2D eigenvalue weighted by molar-refractivity contribution is 7.80. The Kier molecular flexibility index (Phi) is 8.08. The first-order valence-corrected chi connectivity index (χ1v) is 8.17. The Balaban J connectivity index is 2.26. The molecule has 0 saturated heterocycles. The summed E-state index contributed by atoms with van der Waals surface area (Å²) in [4.78, 5) is 1.43. The molecule has 5 N–H and O–H groups in total. The van der Waals surface area contributed by atoms with Crippen molar-refractivity contribution in [1.82, 2.24) is 16.2 Å². The van der Waals surface area contributed by atoms with Gasteiger partial charge in [-0.15, -0.1) is 0 Å². The lowest BCUT2D eigenvalue weighted by Crippen LogP contribution is -3.05. The first-order chi connectivity index (χ1) is 10.4. The molecule has 0 aliphatic heterocycles. The van der Waals surface area contributed by atoms with E-state index in [9.17, 15) is 0 Å². The number of hydrogen-bond donors (Lipinski definition) is 5. The Morgan fingerprint density at radius 3 is 2.41 bits per heavy atom. The standard InChI is InChI=1S/C15H25N5S2/c1-11-6-7-13(12(2)10-11)17-15(22)19-18-14(21)16-8-5-9-20(3)4/h6-7,10H,5,8-9H2,1-4H3,(H2,16,18,21)(H2,17,19,22)/p+1. The van der Waals surface area contributed by atoms with Crippen molar-refractivity contribution >= 4 is 40.3 Å². The molecule has 0 aromatic heterocycles. The fourth-order valence-corrected chi connectivity index (χ4v) is 2.22. The number of thiocarbonyl (C=S) groups is 2. The van der Waals surface area contributed by atoms with Crippen LogP contribution >= 0.6 is 24.4 Å². The molecule has 1 rings (SSSR count). The maximum atomic E-state index is 5.24. The first-order valence-electron chi connectivity index (χ1n) is 7.35. The van der Waals surface area contributed by atoms with Gasteiger partial charge in [-0.05, 0) is 49.9 Å². The van der Waals surface area contributed by atoms with Gasteiger partial charge in [0.05, 0.1) is 20.6 Å². The second-order valence-electron chi connectivity index (χ2n) is 5.59. The van der Waals surface area contributed by atoms with Crippen LogP contribution in [0.25, 0.3) is 0 Å². The highest BCUT2D eigenvalue weighted by atomic mass is 32.1. The monoisotopic (exact) mass is 340 g/mol. The highest BCUT2D eigenvalue weighted by Crippen LogP contribution is 2.15. The fraction of sp³-hybridized carbons (Fsp3) is 0.467. The van der Waals surface area contributed by atoms with Crippen molar-refractivity contribution in [2.24, 2.45) is 0 Å². The van der Waals surface area contributed by atoms with Gasteiger partial charge < -0.3 is 15.5 Å². The van der Waals surface area contributed by atoms with Crippen LogP contribution in [0.3, 0.4) is 0 Å². The number of rotatable bonds is 5. The van der Waals surface area contributed by atoms with E-state index in [1.165, 1.54) is 10.5 Å². The number of aryl methyl sites for hydroxylation is 2. The Morgan fingerprint density at radius 2 is 1.77 bits per heavy atom. The third-order valence-electron chi connectivity index (χ3n) is 3.06. The average molecular weight is 341 g/mol. The summed E-state index contributed by atoms with van der Waals surface area (Å²) >= 11 is 10.4. The zero-order valence-corrected chi connectivity index (χ0v) is 15.3. The summed E-state index contributed by atoms with van der Waals surface area (Å²) < 4.78 is 0. The van der Waals surface area contributed by atoms with Crippen molar-refractivity contribution in [2.75, 3.05) is 32.5 Å². The zero-order valence-electron chi connectivity index (χ0n) is 13.7. The van der Waals surface area contributed by atoms with Crippen LogP contribution in [-0.2, 0) is 0 Å². The van der Waals surface area contributed by atoms with Gasteiger partial charge in [0.25, 0.3) is 0 Å². The van der Waals surface area contributed by atoms with Gasteiger partial charge in [0.2, 0.25) is 0 Å². The van der Waals surface area contributed by atoms with E-state index < -0.39 is 0 Å². The molecule has 122 valence electrons. The molecule has 0 spiro atoms. The molecule has 0 aliphatic carbocycles. The molecule has 22 heavy (non-hydrogen) atoms. The third-order valence-corrected chi connectivity index (χ3v) is 3.51. The molecule has 0 saturated carbocycles. The zero-order chi connectivity index (χ0) is 16.5. The predicted molar refractivity (Wildman–Crippen MR) is 101 cm³/mol. The third kappa shape index (κ3) is 7.53. The highest BCUT2D eigenvalue weighted by Gasteiger charge is 2.02. The van der Waals surface area contributed by atoms with E-state index in [0.717, 1.165) is 30.8 Å². The van der Waals surface area contributed by atoms with E-state index in [2.05, 4.69) is 48.6 Å². The maximum Gasteiger partial charge on any atom is 0.189 e. The summed E-state index contributed by atoms with van der Waals surface area (Å²) in [6.45, 7) is 6.06. The van der Waals surface area contributed by atoms with Gasteiger partial charge in [-0.3, -0.25) is 10.9 Å². The van der Waals surface area contributed by atoms with Crippen molar-refractivity contribution in [3.05, 3.63) is 29.3 Å². The quantitative estimate of drug-likeness (QED) is 0.306. The molecule has 0 fully saturated rings. The first kappa shape index (κ1) is 18.6. The van der Waals surface area contributed by atoms with Crippen molar-refractivity contribution in [1.29, 1.82) is 0 Å². The van der Waals surface area contributed by atoms with E-state index in [4.69, 9.17) is 24.4 Å². The summed E-state index contributed by atoms with van der Waals surface area (Å²) in [5.41, 5.74) is 9.13. The number of nitrogens with one attached hydrogen (secondary N) is 5. The number of hydrogen-bond acceptors (Lipinski definition) is 2. The van der Waals surface area contributed by atoms with Crippen molar-refractivity contribution in [3.63, 3.8) is 0 Å². The van der Waals surface area contributed by atoms with Crippen LogP contribution in [0, 0.1) is 13.8 Å². The molecule has 5 nitrogen and oxygen atoms in total. The minimum atomic E-state index is 0.480. The van der Waals surface area contributed by atoms with E-state index >= 15 is 0 Å². The van der Waals surface area contributed by atoms with E-state index in [1.807, 2.05) is 19.1 Å². The van der Waals surface area contributed by atoms with E-state index in [1.54, 1.807) is 0 Å². The van der Waals surface area contributed by atoms with Gasteiger partial charge in [0.15, 0.2) is 10.2 Å². The Labute approximate surface area is 143 Å². The topological polar surface area (TPSA) is 52.6 Å². The molecule has 1 aromatic rings. The van der Waals surface area contributed by atoms with Gasteiger partial charge >= 0.3 is 0 Å². The van der Waals surface area contributed by atoms with Crippen LogP contribution < -0.4 is 26.4 Å². The smallest absolute Gasteiger partial charge is 0.189 e. The Bertz CT molecular complexity index is 517. The summed E-state index contributed by atoms with van der Waals surface area (Å²) in [5.74, 6) is 0. The molecular formula is C15H26N5S2+. The molecule has 0 unspecified atom stereocenters. The van der Waals surface area contributed by atoms with Gasteiger partial charge in [0.1, 0.15) is 0 Å². The van der Waals surface area contributed by atoms with Crippen LogP contribution in [0.2, 0.25) is 0 Å². The molecule has 0 heterocycles. The lowest BCUT2D eigenvalue weighted by Gasteiger charge is -2.15. The molecule has 1 aromatic carbocycles. The lowest BCUT2D eigenvalue weighted by atomic mass is 10.1. The van der Waals surface area contributed by atoms with Crippen molar-refractivity contribution < 1.29 is 4.90 Å². The van der Waals surface area contributed by atoms with E-state index in [-0.39, 0.29) is 0 Å². The lowest BCUT2D eigenvalue weighted by molar-refractivity contribution is -0.858. The van der Waals surface area contributed by atoms with Crippen LogP contribution in [0.1, 0.15) is 17.5 Å². The summed E-state index contributed by atoms with van der Waals surface area (Å²) in [6, 6.07) is 6.17. The molecule has 0 bridgehead atoms. The van der Waals surface area contributed by atoms with Gasteiger partial charge in [-0.25, -0.2) is 0 Å². The minimum Gasteiger partial charge on any atom is -0.361 e. The fourth-order valence-electron chi connectivity index (χ4n) is 1.91. The SMILES string of the molecule is Cc1ccc(NC(=S)NNC(=S)NCCC[NH+](C)C)c(C)c1. The van der Waals surface area contributed by atoms with Gasteiger partial charge in [0, 0.05) is 18.7 Å². The Morgan fingerprint density at radius 1 is 1.09 bits per heavy atom. The number of quaternary nitrogens is 1. The molecule has 0 aliphatic rings. The molecule has 0 radical (unpaired) electrons. The second kappa shape index (κ2) is 9.55. The molecule has 0 atom stereocenters. The summed E-state index contributed by atoms with van der Waals surface area (Å²) in [5, 5.41) is 7.30. The van der Waals surface area contributed by atoms with Crippen LogP contribution in [0.4, 0.5) is 5.69 Å². The second-order valence-corrected chi connectivity index (χ2v) is 6.41.